The lowest BCUT2D eigenvalue weighted by Crippen LogP contribution is -2.70. The topological polar surface area (TPSA) is 84.2 Å². The maximum absolute atomic E-state index is 14.8. The Hall–Kier alpha value is -3.57. The minimum atomic E-state index is -4.92. The number of nitrogens with one attached hydrogen (secondary N) is 1. The lowest BCUT2D eigenvalue weighted by Gasteiger charge is -2.61. The number of pyridine rings is 1. The van der Waals surface area contributed by atoms with Crippen molar-refractivity contribution in [3.63, 3.8) is 0 Å². The van der Waals surface area contributed by atoms with Gasteiger partial charge in [-0.1, -0.05) is 6.92 Å². The Morgan fingerprint density at radius 1 is 1.17 bits per heavy atom. The van der Waals surface area contributed by atoms with Crippen LogP contribution in [0.25, 0.3) is 11.1 Å². The Balaban J connectivity index is 1.51. The molecule has 1 aliphatic carbocycles. The molecular weight excluding hydrogens is 473 g/mol. The Morgan fingerprint density at radius 2 is 1.94 bits per heavy atom. The summed E-state index contributed by atoms with van der Waals surface area (Å²) in [7, 11) is 0. The highest BCUT2D eigenvalue weighted by atomic mass is 19.4. The minimum absolute atomic E-state index is 0.171. The number of fused-ring (bicyclic) bond motifs is 2. The predicted octanol–water partition coefficient (Wildman–Crippen LogP) is 5.67. The van der Waals surface area contributed by atoms with Crippen molar-refractivity contribution in [3.05, 3.63) is 59.6 Å². The zero-order valence-electron chi connectivity index (χ0n) is 18.7. The van der Waals surface area contributed by atoms with Gasteiger partial charge in [0.15, 0.2) is 0 Å². The number of aromatic nitrogens is 3. The number of likely N-dealkylation sites (tertiary alicyclic amines) is 1. The van der Waals surface area contributed by atoms with E-state index in [1.54, 1.807) is 6.92 Å². The summed E-state index contributed by atoms with van der Waals surface area (Å²) < 4.78 is 75.0. The summed E-state index contributed by atoms with van der Waals surface area (Å²) >= 11 is 0. The molecule has 2 aliphatic rings. The number of piperidine rings is 1. The number of amides is 2. The molecule has 2 bridgehead atoms. The maximum Gasteiger partial charge on any atom is 0.417 e. The molecule has 1 saturated carbocycles. The van der Waals surface area contributed by atoms with Crippen molar-refractivity contribution >= 4 is 11.7 Å². The number of benzene rings is 1. The molecule has 12 heteroatoms. The third-order valence-corrected chi connectivity index (χ3v) is 6.57. The van der Waals surface area contributed by atoms with Gasteiger partial charge in [-0.3, -0.25) is 4.98 Å². The first-order valence-corrected chi connectivity index (χ1v) is 10.9. The smallest absolute Gasteiger partial charge is 0.417 e. The summed E-state index contributed by atoms with van der Waals surface area (Å²) in [5.74, 6) is -1.27. The zero-order valence-corrected chi connectivity index (χ0v) is 18.7. The molecule has 2 aromatic heterocycles. The third-order valence-electron chi connectivity index (χ3n) is 6.57. The standard InChI is InChI=1S/C23H20F5N5O2/c1-11-3-15-8-22(7-11,20-32-31-12(2)35-20)33(15)21(34)30-19-5-16(13-4-14(24)10-29-9-13)17(6-18(19)25)23(26,27)28/h4-6,9-11,15H,3,7-8H2,1-2H3,(H,30,34). The molecule has 1 saturated heterocycles. The first-order valence-electron chi connectivity index (χ1n) is 10.9. The lowest BCUT2D eigenvalue weighted by atomic mass is 9.64. The summed E-state index contributed by atoms with van der Waals surface area (Å²) in [4.78, 5) is 18.4. The van der Waals surface area contributed by atoms with Crippen molar-refractivity contribution in [1.29, 1.82) is 0 Å². The van der Waals surface area contributed by atoms with Crippen LogP contribution in [0, 0.1) is 24.5 Å². The van der Waals surface area contributed by atoms with Gasteiger partial charge in [0.25, 0.3) is 0 Å². The zero-order chi connectivity index (χ0) is 25.1. The number of anilines is 1. The van der Waals surface area contributed by atoms with E-state index in [0.29, 0.717) is 25.2 Å². The Morgan fingerprint density at radius 3 is 2.60 bits per heavy atom. The van der Waals surface area contributed by atoms with Gasteiger partial charge < -0.3 is 14.6 Å². The first kappa shape index (κ1) is 23.2. The molecule has 3 heterocycles. The molecule has 2 fully saturated rings. The van der Waals surface area contributed by atoms with Crippen LogP contribution in [0.2, 0.25) is 0 Å². The molecule has 184 valence electrons. The predicted molar refractivity (Wildman–Crippen MR) is 113 cm³/mol. The number of carbonyl (C=O) groups excluding carboxylic acids is 1. The SMILES string of the molecule is Cc1nnc(C23CC(C)CC(C2)N3C(=O)Nc2cc(-c3cncc(F)c3)c(C(F)(F)F)cc2F)o1. The number of hydrogen-bond donors (Lipinski definition) is 1. The van der Waals surface area contributed by atoms with Crippen LogP contribution in [-0.4, -0.2) is 32.2 Å². The third kappa shape index (κ3) is 3.90. The number of aryl methyl sites for hydroxylation is 1. The Labute approximate surface area is 196 Å². The van der Waals surface area contributed by atoms with E-state index in [9.17, 15) is 26.7 Å². The van der Waals surface area contributed by atoms with Crippen LogP contribution in [0.4, 0.5) is 32.4 Å². The van der Waals surface area contributed by atoms with Crippen LogP contribution in [-0.2, 0) is 11.7 Å². The van der Waals surface area contributed by atoms with Gasteiger partial charge in [-0.2, -0.15) is 13.2 Å². The number of rotatable bonds is 3. The fraction of sp³-hybridized carbons (Fsp3) is 0.391. The summed E-state index contributed by atoms with van der Waals surface area (Å²) in [6.07, 6.45) is -1.21. The summed E-state index contributed by atoms with van der Waals surface area (Å²) in [6.45, 7) is 3.66. The molecule has 3 unspecified atom stereocenters. The van der Waals surface area contributed by atoms with Crippen LogP contribution in [0.15, 0.2) is 35.0 Å². The van der Waals surface area contributed by atoms with Gasteiger partial charge in [0.1, 0.15) is 17.2 Å². The minimum Gasteiger partial charge on any atom is -0.423 e. The molecule has 2 amide bonds. The van der Waals surface area contributed by atoms with Gasteiger partial charge in [0.05, 0.1) is 17.4 Å². The van der Waals surface area contributed by atoms with Gasteiger partial charge in [-0.05, 0) is 42.5 Å². The van der Waals surface area contributed by atoms with Crippen molar-refractivity contribution in [1.82, 2.24) is 20.1 Å². The van der Waals surface area contributed by atoms with E-state index in [4.69, 9.17) is 4.42 Å². The Kier molecular flexibility index (Phi) is 5.29. The number of hydrogen-bond acceptors (Lipinski definition) is 5. The van der Waals surface area contributed by atoms with Crippen molar-refractivity contribution < 1.29 is 31.2 Å². The average Bonchev–Trinajstić information content (AvgIpc) is 3.20. The van der Waals surface area contributed by atoms with E-state index in [2.05, 4.69) is 20.5 Å². The lowest BCUT2D eigenvalue weighted by molar-refractivity contribution is -0.137. The molecule has 1 N–H and O–H groups in total. The van der Waals surface area contributed by atoms with Crippen molar-refractivity contribution in [2.75, 3.05) is 5.32 Å². The van der Waals surface area contributed by atoms with Gasteiger partial charge in [0, 0.05) is 31.1 Å². The van der Waals surface area contributed by atoms with Gasteiger partial charge >= 0.3 is 12.2 Å². The van der Waals surface area contributed by atoms with Crippen LogP contribution in [0.5, 0.6) is 0 Å². The number of nitrogens with zero attached hydrogens (tertiary/aromatic N) is 4. The van der Waals surface area contributed by atoms with E-state index in [-0.39, 0.29) is 29.5 Å². The number of urea groups is 1. The summed E-state index contributed by atoms with van der Waals surface area (Å²) in [5.41, 5.74) is -3.38. The van der Waals surface area contributed by atoms with Crippen LogP contribution in [0.3, 0.4) is 0 Å². The van der Waals surface area contributed by atoms with E-state index in [0.717, 1.165) is 24.5 Å². The largest absolute Gasteiger partial charge is 0.423 e. The molecule has 1 aromatic carbocycles. The van der Waals surface area contributed by atoms with Gasteiger partial charge in [-0.25, -0.2) is 13.6 Å². The first-order chi connectivity index (χ1) is 16.5. The van der Waals surface area contributed by atoms with Gasteiger partial charge in [-0.15, -0.1) is 10.2 Å². The second-order valence-corrected chi connectivity index (χ2v) is 9.13. The van der Waals surface area contributed by atoms with Crippen LogP contribution >= 0.6 is 0 Å². The molecule has 35 heavy (non-hydrogen) atoms. The molecule has 5 rings (SSSR count). The quantitative estimate of drug-likeness (QED) is 0.476. The molecule has 0 spiro atoms. The molecule has 0 radical (unpaired) electrons. The van der Waals surface area contributed by atoms with Crippen molar-refractivity contribution in [3.8, 4) is 11.1 Å². The van der Waals surface area contributed by atoms with E-state index in [1.807, 2.05) is 6.92 Å². The average molecular weight is 493 g/mol. The number of alkyl halides is 3. The van der Waals surface area contributed by atoms with E-state index >= 15 is 0 Å². The molecule has 7 nitrogen and oxygen atoms in total. The normalized spacial score (nSPS) is 23.7. The second kappa shape index (κ2) is 7.99. The monoisotopic (exact) mass is 493 g/mol. The highest BCUT2D eigenvalue weighted by Crippen LogP contribution is 2.55. The number of halogens is 5. The molecular formula is C23H20F5N5O2. The van der Waals surface area contributed by atoms with Gasteiger partial charge in [0.2, 0.25) is 11.8 Å². The van der Waals surface area contributed by atoms with E-state index in [1.165, 1.54) is 4.90 Å². The highest BCUT2D eigenvalue weighted by molar-refractivity contribution is 5.92. The highest BCUT2D eigenvalue weighted by Gasteiger charge is 2.62. The Bertz CT molecular complexity index is 1310. The van der Waals surface area contributed by atoms with Crippen molar-refractivity contribution in [2.45, 2.75) is 50.9 Å². The fourth-order valence-corrected chi connectivity index (χ4v) is 5.31. The molecule has 1 aliphatic heterocycles. The van der Waals surface area contributed by atoms with E-state index < -0.39 is 46.2 Å². The summed E-state index contributed by atoms with van der Waals surface area (Å²) in [6, 6.07) is 1.11. The van der Waals surface area contributed by atoms with Crippen LogP contribution < -0.4 is 5.32 Å². The summed E-state index contributed by atoms with van der Waals surface area (Å²) in [5, 5.41) is 10.3. The second-order valence-electron chi connectivity index (χ2n) is 9.13. The number of carbonyl (C=O) groups is 1. The van der Waals surface area contributed by atoms with Crippen molar-refractivity contribution in [2.24, 2.45) is 5.92 Å². The maximum atomic E-state index is 14.8. The van der Waals surface area contributed by atoms with Crippen LogP contribution in [0.1, 0.15) is 43.5 Å². The molecule has 3 aromatic rings. The molecule has 3 atom stereocenters. The fourth-order valence-electron chi connectivity index (χ4n) is 5.31.